The number of hydrogen-bond acceptors (Lipinski definition) is 5. The highest BCUT2D eigenvalue weighted by molar-refractivity contribution is 7.92. The van der Waals surface area contributed by atoms with Gasteiger partial charge in [0.1, 0.15) is 28.4 Å². The normalized spacial score (nSPS) is 18.9. The molecule has 0 aliphatic carbocycles. The molecular weight excluding hydrogens is 490 g/mol. The number of sulfonamides is 1. The van der Waals surface area contributed by atoms with E-state index in [4.69, 9.17) is 16.3 Å². The third kappa shape index (κ3) is 3.82. The minimum absolute atomic E-state index is 0.0700. The van der Waals surface area contributed by atoms with Crippen LogP contribution in [0.2, 0.25) is 5.02 Å². The van der Waals surface area contributed by atoms with Gasteiger partial charge >= 0.3 is 0 Å². The SMILES string of the molecule is O=C1c2cc(Cl)c(O)c(c2)S(=O)(=O)Nc2cc(c(F)cc2F)-c2ccccc2O[C@@H]2CCN1C2. The first-order valence-corrected chi connectivity index (χ1v) is 12.1. The number of para-hydroxylation sites is 1. The van der Waals surface area contributed by atoms with Gasteiger partial charge in [-0.1, -0.05) is 29.8 Å². The second-order valence-corrected chi connectivity index (χ2v) is 10.1. The van der Waals surface area contributed by atoms with E-state index < -0.39 is 50.0 Å². The number of benzene rings is 3. The summed E-state index contributed by atoms with van der Waals surface area (Å²) >= 11 is 6.02. The molecule has 1 atom stereocenters. The molecule has 5 rings (SSSR count). The van der Waals surface area contributed by atoms with E-state index in [9.17, 15) is 27.1 Å². The van der Waals surface area contributed by atoms with Crippen molar-refractivity contribution in [3.8, 4) is 22.6 Å². The van der Waals surface area contributed by atoms with Crippen LogP contribution in [-0.4, -0.2) is 43.5 Å². The number of fused-ring (bicyclic) bond motifs is 8. The van der Waals surface area contributed by atoms with Crippen LogP contribution in [0.15, 0.2) is 53.4 Å². The van der Waals surface area contributed by atoms with Crippen LogP contribution in [0.1, 0.15) is 16.8 Å². The van der Waals surface area contributed by atoms with Crippen molar-refractivity contribution in [1.82, 2.24) is 4.90 Å². The Bertz CT molecular complexity index is 1450. The van der Waals surface area contributed by atoms with Crippen molar-refractivity contribution < 1.29 is 31.8 Å². The van der Waals surface area contributed by atoms with Crippen LogP contribution >= 0.6 is 11.6 Å². The third-order valence-corrected chi connectivity index (χ3v) is 7.44. The number of hydrogen-bond donors (Lipinski definition) is 2. The Hall–Kier alpha value is -3.37. The van der Waals surface area contributed by atoms with Gasteiger partial charge in [0.25, 0.3) is 15.9 Å². The van der Waals surface area contributed by atoms with Crippen molar-refractivity contribution in [1.29, 1.82) is 0 Å². The molecule has 0 saturated carbocycles. The number of carbonyl (C=O) groups is 1. The summed E-state index contributed by atoms with van der Waals surface area (Å²) < 4.78 is 63.7. The number of aromatic hydroxyl groups is 1. The maximum Gasteiger partial charge on any atom is 0.265 e. The van der Waals surface area contributed by atoms with Gasteiger partial charge in [0.05, 0.1) is 17.3 Å². The number of amides is 1. The minimum atomic E-state index is -4.63. The Balaban J connectivity index is 1.75. The van der Waals surface area contributed by atoms with E-state index in [1.165, 1.54) is 4.90 Å². The Morgan fingerprint density at radius 2 is 1.85 bits per heavy atom. The second-order valence-electron chi connectivity index (χ2n) is 8.00. The average molecular weight is 507 g/mol. The number of rotatable bonds is 0. The lowest BCUT2D eigenvalue weighted by Crippen LogP contribution is -2.31. The van der Waals surface area contributed by atoms with Crippen molar-refractivity contribution in [3.05, 3.63) is 70.8 Å². The fraction of sp³-hybridized carbons (Fsp3) is 0.174. The number of ether oxygens (including phenoxy) is 1. The Morgan fingerprint density at radius 1 is 1.09 bits per heavy atom. The highest BCUT2D eigenvalue weighted by Crippen LogP contribution is 2.38. The van der Waals surface area contributed by atoms with Crippen LogP contribution in [0, 0.1) is 11.6 Å². The van der Waals surface area contributed by atoms with E-state index in [1.54, 1.807) is 24.3 Å². The van der Waals surface area contributed by atoms with E-state index >= 15 is 0 Å². The maximum absolute atomic E-state index is 14.8. The van der Waals surface area contributed by atoms with E-state index in [2.05, 4.69) is 0 Å². The minimum Gasteiger partial charge on any atom is -0.505 e. The maximum atomic E-state index is 14.8. The molecule has 34 heavy (non-hydrogen) atoms. The smallest absolute Gasteiger partial charge is 0.265 e. The zero-order valence-corrected chi connectivity index (χ0v) is 19.0. The number of carbonyl (C=O) groups excluding carboxylic acids is 1. The zero-order chi connectivity index (χ0) is 24.2. The highest BCUT2D eigenvalue weighted by atomic mass is 35.5. The second kappa shape index (κ2) is 8.14. The Morgan fingerprint density at radius 3 is 2.65 bits per heavy atom. The fourth-order valence-corrected chi connectivity index (χ4v) is 5.58. The molecule has 1 fully saturated rings. The Labute approximate surface area is 198 Å². The van der Waals surface area contributed by atoms with E-state index in [0.29, 0.717) is 24.8 Å². The van der Waals surface area contributed by atoms with Crippen LogP contribution < -0.4 is 9.46 Å². The summed E-state index contributed by atoms with van der Waals surface area (Å²) in [5, 5.41) is 9.96. The first kappa shape index (κ1) is 22.4. The highest BCUT2D eigenvalue weighted by Gasteiger charge is 2.32. The van der Waals surface area contributed by atoms with Crippen molar-refractivity contribution >= 4 is 33.2 Å². The van der Waals surface area contributed by atoms with Crippen molar-refractivity contribution in [2.75, 3.05) is 17.8 Å². The van der Waals surface area contributed by atoms with Gasteiger partial charge in [-0.3, -0.25) is 9.52 Å². The lowest BCUT2D eigenvalue weighted by Gasteiger charge is -2.19. The molecule has 2 N–H and O–H groups in total. The first-order chi connectivity index (χ1) is 16.1. The standard InChI is InChI=1S/C23H17ClF2N2O5S/c24-16-7-12-8-21(22(16)29)34(31,32)27-19-9-15(17(25)10-18(19)26)14-3-1-2-4-20(14)33-13-5-6-28(11-13)23(12)30/h1-4,7-10,13,27,29H,5-6,11H2/t13-/m1/s1. The molecule has 6 bridgehead atoms. The summed E-state index contributed by atoms with van der Waals surface area (Å²) in [6, 6.07) is 10.2. The lowest BCUT2D eigenvalue weighted by molar-refractivity contribution is 0.0772. The quantitative estimate of drug-likeness (QED) is 0.471. The summed E-state index contributed by atoms with van der Waals surface area (Å²) in [4.78, 5) is 13.8. The van der Waals surface area contributed by atoms with Crippen molar-refractivity contribution in [2.45, 2.75) is 17.4 Å². The largest absolute Gasteiger partial charge is 0.505 e. The van der Waals surface area contributed by atoms with E-state index in [1.807, 2.05) is 4.72 Å². The summed E-state index contributed by atoms with van der Waals surface area (Å²) in [5.74, 6) is -3.10. The predicted octanol–water partition coefficient (Wildman–Crippen LogP) is 4.40. The van der Waals surface area contributed by atoms with Gasteiger partial charge in [0.2, 0.25) is 0 Å². The number of nitrogens with one attached hydrogen (secondary N) is 1. The van der Waals surface area contributed by atoms with Gasteiger partial charge in [0.15, 0.2) is 5.75 Å². The number of anilines is 1. The first-order valence-electron chi connectivity index (χ1n) is 10.2. The topological polar surface area (TPSA) is 95.9 Å². The summed E-state index contributed by atoms with van der Waals surface area (Å²) in [6.45, 7) is 0.530. The number of halogens is 3. The molecule has 1 amide bonds. The lowest BCUT2D eigenvalue weighted by atomic mass is 10.0. The fourth-order valence-electron chi connectivity index (χ4n) is 4.10. The molecule has 11 heteroatoms. The number of phenols is 1. The average Bonchev–Trinajstić information content (AvgIpc) is 3.25. The van der Waals surface area contributed by atoms with Crippen LogP contribution in [0.25, 0.3) is 11.1 Å². The molecule has 3 aromatic rings. The van der Waals surface area contributed by atoms with Gasteiger partial charge < -0.3 is 14.7 Å². The molecule has 1 saturated heterocycles. The molecule has 0 spiro atoms. The van der Waals surface area contributed by atoms with Crippen LogP contribution in [0.5, 0.6) is 11.5 Å². The molecule has 0 aromatic heterocycles. The molecule has 7 nitrogen and oxygen atoms in total. The summed E-state index contributed by atoms with van der Waals surface area (Å²) in [5.41, 5.74) is -0.434. The van der Waals surface area contributed by atoms with Crippen LogP contribution in [0.4, 0.5) is 14.5 Å². The van der Waals surface area contributed by atoms with E-state index in [-0.39, 0.29) is 28.3 Å². The van der Waals surface area contributed by atoms with Crippen molar-refractivity contribution in [2.24, 2.45) is 0 Å². The Kier molecular flexibility index (Phi) is 5.37. The predicted molar refractivity (Wildman–Crippen MR) is 121 cm³/mol. The molecular formula is C23H17ClF2N2O5S. The molecule has 3 aromatic carbocycles. The summed E-state index contributed by atoms with van der Waals surface area (Å²) in [7, 11) is -4.63. The molecule has 2 aliphatic heterocycles. The molecule has 2 aliphatic rings. The van der Waals surface area contributed by atoms with E-state index in [0.717, 1.165) is 18.2 Å². The molecule has 176 valence electrons. The molecule has 0 radical (unpaired) electrons. The summed E-state index contributed by atoms with van der Waals surface area (Å²) in [6.07, 6.45) is 0.0718. The van der Waals surface area contributed by atoms with Gasteiger partial charge in [0, 0.05) is 35.7 Å². The van der Waals surface area contributed by atoms with Crippen LogP contribution in [-0.2, 0) is 10.0 Å². The zero-order valence-electron chi connectivity index (χ0n) is 17.4. The van der Waals surface area contributed by atoms with Crippen LogP contribution in [0.3, 0.4) is 0 Å². The third-order valence-electron chi connectivity index (χ3n) is 5.77. The molecule has 2 heterocycles. The number of phenolic OH excluding ortho intramolecular Hbond substituents is 1. The van der Waals surface area contributed by atoms with Crippen molar-refractivity contribution in [3.63, 3.8) is 0 Å². The number of nitrogens with zero attached hydrogens (tertiary/aromatic N) is 1. The monoisotopic (exact) mass is 506 g/mol. The van der Waals surface area contributed by atoms with Gasteiger partial charge in [-0.15, -0.1) is 0 Å². The van der Waals surface area contributed by atoms with Gasteiger partial charge in [-0.2, -0.15) is 0 Å². The molecule has 0 unspecified atom stereocenters. The van der Waals surface area contributed by atoms with Gasteiger partial charge in [-0.05, 0) is 24.3 Å². The van der Waals surface area contributed by atoms with Gasteiger partial charge in [-0.25, -0.2) is 17.2 Å².